The number of aromatic nitrogens is 1. The molecule has 7 nitrogen and oxygen atoms in total. The maximum atomic E-state index is 12.4. The summed E-state index contributed by atoms with van der Waals surface area (Å²) < 4.78 is 46.9. The normalized spacial score (nSPS) is 22.8. The molecule has 2 heterocycles. The molecule has 0 saturated heterocycles. The molecule has 0 fully saturated rings. The Morgan fingerprint density at radius 3 is 2.67 bits per heavy atom. The van der Waals surface area contributed by atoms with Gasteiger partial charge in [-0.15, -0.1) is 24.5 Å². The predicted octanol–water partition coefficient (Wildman–Crippen LogP) is 5.70. The van der Waals surface area contributed by atoms with E-state index in [2.05, 4.69) is 21.9 Å². The number of thiazole rings is 1. The highest BCUT2D eigenvalue weighted by Gasteiger charge is 2.41. The number of aromatic carboxylic acids is 1. The van der Waals surface area contributed by atoms with Crippen molar-refractivity contribution in [1.82, 2.24) is 4.98 Å². The Balaban J connectivity index is 1.33. The lowest BCUT2D eigenvalue weighted by molar-refractivity contribution is -0.274. The molecule has 3 aliphatic rings. The van der Waals surface area contributed by atoms with Gasteiger partial charge in [-0.05, 0) is 36.3 Å². The van der Waals surface area contributed by atoms with Crippen LogP contribution in [0.2, 0.25) is 0 Å². The Bertz CT molecular complexity index is 1290. The highest BCUT2D eigenvalue weighted by atomic mass is 32.1. The summed E-state index contributed by atoms with van der Waals surface area (Å²) in [7, 11) is 0. The molecule has 0 amide bonds. The van der Waals surface area contributed by atoms with Crippen molar-refractivity contribution in [1.29, 1.82) is 0 Å². The highest BCUT2D eigenvalue weighted by molar-refractivity contribution is 7.13. The van der Waals surface area contributed by atoms with Crippen LogP contribution in [0.3, 0.4) is 0 Å². The molecule has 2 aromatic rings. The average molecular weight is 516 g/mol. The van der Waals surface area contributed by atoms with Crippen LogP contribution in [-0.2, 0) is 11.3 Å². The Morgan fingerprint density at radius 1 is 1.19 bits per heavy atom. The fourth-order valence-electron chi connectivity index (χ4n) is 4.20. The number of carboxylic acid groups (broad SMARTS) is 1. The Hall–Kier alpha value is -3.86. The summed E-state index contributed by atoms with van der Waals surface area (Å²) in [6.45, 7) is 0.143. The summed E-state index contributed by atoms with van der Waals surface area (Å²) >= 11 is 1.20. The lowest BCUT2D eigenvalue weighted by Gasteiger charge is -2.26. The molecule has 11 heteroatoms. The molecule has 2 aliphatic carbocycles. The van der Waals surface area contributed by atoms with Gasteiger partial charge < -0.3 is 14.6 Å². The number of benzene rings is 1. The van der Waals surface area contributed by atoms with Crippen LogP contribution in [0.1, 0.15) is 22.5 Å². The van der Waals surface area contributed by atoms with Crippen LogP contribution in [0, 0.1) is 11.8 Å². The summed E-state index contributed by atoms with van der Waals surface area (Å²) in [5.74, 6) is -0.762. The zero-order valence-electron chi connectivity index (χ0n) is 18.6. The van der Waals surface area contributed by atoms with Crippen LogP contribution in [0.15, 0.2) is 83.0 Å². The van der Waals surface area contributed by atoms with Gasteiger partial charge in [0.25, 0.3) is 0 Å². The maximum Gasteiger partial charge on any atom is 0.573 e. The number of hydrazone groups is 1. The van der Waals surface area contributed by atoms with E-state index >= 15 is 0 Å². The summed E-state index contributed by atoms with van der Waals surface area (Å²) in [6.07, 6.45) is 10.0. The number of fused-ring (bicyclic) bond motifs is 1. The van der Waals surface area contributed by atoms with Gasteiger partial charge in [0.1, 0.15) is 18.1 Å². The number of allylic oxidation sites excluding steroid dienone is 5. The van der Waals surface area contributed by atoms with Crippen molar-refractivity contribution in [3.63, 3.8) is 0 Å². The molecule has 1 aromatic carbocycles. The molecular formula is C25H20F3N3O4S. The fraction of sp³-hybridized carbons (Fsp3) is 0.240. The monoisotopic (exact) mass is 515 g/mol. The Morgan fingerprint density at radius 2 is 2.00 bits per heavy atom. The molecule has 36 heavy (non-hydrogen) atoms. The summed E-state index contributed by atoms with van der Waals surface area (Å²) in [5.41, 5.74) is 1.59. The topological polar surface area (TPSA) is 84.2 Å². The van der Waals surface area contributed by atoms with E-state index in [9.17, 15) is 23.1 Å². The largest absolute Gasteiger partial charge is 0.573 e. The number of hydrogen-bond donors (Lipinski definition) is 1. The van der Waals surface area contributed by atoms with Crippen LogP contribution < -0.4 is 9.75 Å². The quantitative estimate of drug-likeness (QED) is 0.509. The van der Waals surface area contributed by atoms with Crippen molar-refractivity contribution < 1.29 is 32.5 Å². The lowest BCUT2D eigenvalue weighted by atomic mass is 9.82. The third-order valence-corrected chi connectivity index (χ3v) is 6.68. The first-order chi connectivity index (χ1) is 17.3. The number of rotatable bonds is 7. The van der Waals surface area contributed by atoms with Gasteiger partial charge in [-0.25, -0.2) is 14.8 Å². The number of halogens is 3. The minimum atomic E-state index is -4.74. The van der Waals surface area contributed by atoms with Crippen molar-refractivity contribution in [2.24, 2.45) is 16.9 Å². The van der Waals surface area contributed by atoms with Gasteiger partial charge in [0.05, 0.1) is 11.8 Å². The second-order valence-corrected chi connectivity index (χ2v) is 9.11. The number of anilines is 1. The number of ether oxygens (including phenoxy) is 2. The van der Waals surface area contributed by atoms with Gasteiger partial charge in [0, 0.05) is 17.2 Å². The number of alkyl halides is 3. The minimum Gasteiger partial charge on any atom is -0.489 e. The zero-order valence-corrected chi connectivity index (χ0v) is 19.4. The van der Waals surface area contributed by atoms with Crippen molar-refractivity contribution in [2.75, 3.05) is 5.01 Å². The molecule has 0 spiro atoms. The van der Waals surface area contributed by atoms with E-state index in [1.54, 1.807) is 5.01 Å². The van der Waals surface area contributed by atoms with Gasteiger partial charge in [0.2, 0.25) is 5.13 Å². The van der Waals surface area contributed by atoms with Crippen LogP contribution in [0.4, 0.5) is 18.3 Å². The molecule has 3 atom stereocenters. The van der Waals surface area contributed by atoms with E-state index in [0.29, 0.717) is 16.5 Å². The molecule has 0 radical (unpaired) electrons. The first-order valence-electron chi connectivity index (χ1n) is 11.0. The van der Waals surface area contributed by atoms with Crippen molar-refractivity contribution in [2.45, 2.75) is 25.4 Å². The van der Waals surface area contributed by atoms with Crippen LogP contribution in [0.25, 0.3) is 0 Å². The van der Waals surface area contributed by atoms with E-state index < -0.39 is 12.3 Å². The van der Waals surface area contributed by atoms with E-state index in [0.717, 1.165) is 12.1 Å². The minimum absolute atomic E-state index is 0.0413. The number of carbonyl (C=O) groups is 1. The third kappa shape index (κ3) is 5.20. The smallest absolute Gasteiger partial charge is 0.489 e. The molecule has 186 valence electrons. The average Bonchev–Trinajstić information content (AvgIpc) is 3.48. The Kier molecular flexibility index (Phi) is 6.40. The number of hydrogen-bond acceptors (Lipinski definition) is 7. The standard InChI is InChI=1S/C25H20F3N3O4S/c26-25(27,28)35-17-8-6-15(7-9-17)13-34-18-10-11-19-21(12-18)31(24-29-20(14-36-24)23(32)33)30-22(19)16-4-2-1-3-5-16/h1-4,6-12,14,16,19,21H,5,13H2,(H,32,33). The Labute approximate surface area is 208 Å². The fourth-order valence-corrected chi connectivity index (χ4v) is 5.00. The summed E-state index contributed by atoms with van der Waals surface area (Å²) in [6, 6.07) is 5.23. The molecule has 1 aliphatic heterocycles. The second-order valence-electron chi connectivity index (χ2n) is 8.27. The maximum absolute atomic E-state index is 12.4. The number of carboxylic acids is 1. The zero-order chi connectivity index (χ0) is 25.3. The summed E-state index contributed by atoms with van der Waals surface area (Å²) in [5, 5.41) is 17.8. The molecular weight excluding hydrogens is 495 g/mol. The van der Waals surface area contributed by atoms with Crippen molar-refractivity contribution in [3.8, 4) is 5.75 Å². The molecule has 0 bridgehead atoms. The first kappa shape index (κ1) is 23.9. The van der Waals surface area contributed by atoms with Gasteiger partial charge in [-0.1, -0.05) is 42.5 Å². The lowest BCUT2D eigenvalue weighted by Crippen LogP contribution is -2.34. The second kappa shape index (κ2) is 9.65. The SMILES string of the molecule is O=C(O)c1csc(N2N=C(C3C=CC=CC3)C3C=CC(OCc4ccc(OC(F)(F)F)cc4)=CC32)n1. The first-order valence-corrected chi connectivity index (χ1v) is 11.9. The van der Waals surface area contributed by atoms with E-state index in [4.69, 9.17) is 9.84 Å². The van der Waals surface area contributed by atoms with Crippen molar-refractivity contribution >= 4 is 28.1 Å². The van der Waals surface area contributed by atoms with Crippen LogP contribution >= 0.6 is 11.3 Å². The van der Waals surface area contributed by atoms with E-state index in [-0.39, 0.29) is 35.9 Å². The van der Waals surface area contributed by atoms with Gasteiger partial charge >= 0.3 is 12.3 Å². The molecule has 3 unspecified atom stereocenters. The van der Waals surface area contributed by atoms with Crippen LogP contribution in [0.5, 0.6) is 5.75 Å². The molecule has 1 aromatic heterocycles. The molecule has 0 saturated carbocycles. The van der Waals surface area contributed by atoms with Crippen molar-refractivity contribution in [3.05, 3.63) is 89.2 Å². The molecule has 5 rings (SSSR count). The van der Waals surface area contributed by atoms with Gasteiger partial charge in [-0.2, -0.15) is 5.10 Å². The van der Waals surface area contributed by atoms with E-state index in [1.807, 2.05) is 30.4 Å². The third-order valence-electron chi connectivity index (χ3n) is 5.85. The predicted molar refractivity (Wildman–Crippen MR) is 128 cm³/mol. The van der Waals surface area contributed by atoms with Crippen LogP contribution in [-0.4, -0.2) is 34.2 Å². The van der Waals surface area contributed by atoms with Gasteiger partial charge in [0.15, 0.2) is 5.69 Å². The summed E-state index contributed by atoms with van der Waals surface area (Å²) in [4.78, 5) is 15.6. The number of nitrogens with zero attached hydrogens (tertiary/aromatic N) is 3. The molecule has 1 N–H and O–H groups in total. The van der Waals surface area contributed by atoms with E-state index in [1.165, 1.54) is 41.0 Å². The van der Waals surface area contributed by atoms with Gasteiger partial charge in [-0.3, -0.25) is 0 Å². The highest BCUT2D eigenvalue weighted by Crippen LogP contribution is 2.38.